The van der Waals surface area contributed by atoms with Crippen LogP contribution in [0.4, 0.5) is 4.79 Å². The molecule has 2 aromatic rings. The van der Waals surface area contributed by atoms with E-state index >= 15 is 0 Å². The molecule has 8 heteroatoms. The number of hydrogen-bond donors (Lipinski definition) is 3. The zero-order valence-corrected chi connectivity index (χ0v) is 19.1. The van der Waals surface area contributed by atoms with E-state index in [1.807, 2.05) is 44.2 Å². The van der Waals surface area contributed by atoms with Crippen molar-refractivity contribution in [3.8, 4) is 0 Å². The molecular weight excluding hydrogens is 432 g/mol. The summed E-state index contributed by atoms with van der Waals surface area (Å²) in [5.74, 6) is 0.817. The van der Waals surface area contributed by atoms with Crippen LogP contribution in [0.5, 0.6) is 0 Å². The summed E-state index contributed by atoms with van der Waals surface area (Å²) in [6.07, 6.45) is 4.06. The van der Waals surface area contributed by atoms with Gasteiger partial charge >= 0.3 is 6.09 Å². The minimum absolute atomic E-state index is 0.0428. The van der Waals surface area contributed by atoms with Crippen LogP contribution in [-0.4, -0.2) is 58.7 Å². The van der Waals surface area contributed by atoms with E-state index in [1.165, 1.54) is 5.56 Å². The van der Waals surface area contributed by atoms with Gasteiger partial charge in [0, 0.05) is 34.1 Å². The summed E-state index contributed by atoms with van der Waals surface area (Å²) >= 11 is 6.26. The molecule has 2 aliphatic rings. The van der Waals surface area contributed by atoms with Crippen LogP contribution in [0, 0.1) is 5.92 Å². The van der Waals surface area contributed by atoms with Gasteiger partial charge in [0.15, 0.2) is 0 Å². The number of nitrogens with one attached hydrogen (secondary N) is 1. The molecule has 1 aliphatic heterocycles. The molecule has 3 unspecified atom stereocenters. The molecule has 1 amide bonds. The third-order valence-corrected chi connectivity index (χ3v) is 6.32. The number of aromatic nitrogens is 1. The second-order valence-electron chi connectivity index (χ2n) is 8.32. The molecule has 32 heavy (non-hydrogen) atoms. The van der Waals surface area contributed by atoms with Gasteiger partial charge in [0.25, 0.3) is 0 Å². The fourth-order valence-corrected chi connectivity index (χ4v) is 4.74. The number of ether oxygens (including phenoxy) is 2. The van der Waals surface area contributed by atoms with E-state index in [0.717, 1.165) is 34.3 Å². The maximum Gasteiger partial charge on any atom is 0.410 e. The molecule has 0 radical (unpaired) electrons. The fourth-order valence-electron chi connectivity index (χ4n) is 4.56. The third kappa shape index (κ3) is 4.37. The second kappa shape index (κ2) is 9.57. The van der Waals surface area contributed by atoms with E-state index in [0.29, 0.717) is 24.6 Å². The topological polar surface area (TPSA) is 95.0 Å². The van der Waals surface area contributed by atoms with Crippen molar-refractivity contribution in [1.29, 1.82) is 0 Å². The van der Waals surface area contributed by atoms with Crippen molar-refractivity contribution >= 4 is 28.6 Å². The first-order valence-electron chi connectivity index (χ1n) is 11.0. The minimum atomic E-state index is -0.910. The Bertz CT molecular complexity index is 1060. The van der Waals surface area contributed by atoms with Crippen molar-refractivity contribution in [2.75, 3.05) is 26.4 Å². The van der Waals surface area contributed by atoms with Gasteiger partial charge in [-0.1, -0.05) is 24.6 Å². The van der Waals surface area contributed by atoms with Crippen LogP contribution < -0.4 is 0 Å². The Morgan fingerprint density at radius 3 is 2.91 bits per heavy atom. The second-order valence-corrected chi connectivity index (χ2v) is 8.75. The van der Waals surface area contributed by atoms with E-state index in [9.17, 15) is 9.90 Å². The van der Waals surface area contributed by atoms with E-state index in [4.69, 9.17) is 26.2 Å². The highest BCUT2D eigenvalue weighted by Gasteiger charge is 2.37. The molecule has 0 saturated heterocycles. The number of allylic oxidation sites excluding steroid dienone is 3. The zero-order valence-electron chi connectivity index (χ0n) is 18.3. The Hall–Kier alpha value is -2.48. The molecule has 1 aromatic carbocycles. The lowest BCUT2D eigenvalue weighted by Crippen LogP contribution is -2.41. The van der Waals surface area contributed by atoms with Crippen LogP contribution in [0.25, 0.3) is 10.9 Å². The van der Waals surface area contributed by atoms with Crippen LogP contribution in [0.2, 0.25) is 5.02 Å². The maximum absolute atomic E-state index is 12.8. The monoisotopic (exact) mass is 460 g/mol. The molecule has 0 spiro atoms. The van der Waals surface area contributed by atoms with Crippen LogP contribution in [-0.2, 0) is 15.9 Å². The molecule has 7 nitrogen and oxygen atoms in total. The number of rotatable bonds is 6. The summed E-state index contributed by atoms with van der Waals surface area (Å²) < 4.78 is 11.1. The number of aliphatic hydroxyl groups excluding tert-OH is 2. The number of amides is 1. The third-order valence-electron chi connectivity index (χ3n) is 6.08. The highest BCUT2D eigenvalue weighted by molar-refractivity contribution is 6.31. The number of fused-ring (bicyclic) bond motifs is 3. The molecule has 172 valence electrons. The molecule has 1 aromatic heterocycles. The highest BCUT2D eigenvalue weighted by Crippen LogP contribution is 2.43. The molecule has 0 fully saturated rings. The predicted octanol–water partition coefficient (Wildman–Crippen LogP) is 4.10. The lowest BCUT2D eigenvalue weighted by atomic mass is 9.84. The molecule has 3 atom stereocenters. The Balaban J connectivity index is 1.72. The maximum atomic E-state index is 12.8. The van der Waals surface area contributed by atoms with Crippen molar-refractivity contribution in [3.63, 3.8) is 0 Å². The van der Waals surface area contributed by atoms with Crippen molar-refractivity contribution in [3.05, 3.63) is 58.0 Å². The first-order chi connectivity index (χ1) is 15.4. The number of carbonyl (C=O) groups is 1. The molecule has 3 N–H and O–H groups in total. The summed E-state index contributed by atoms with van der Waals surface area (Å²) in [4.78, 5) is 18.2. The number of benzene rings is 1. The van der Waals surface area contributed by atoms with Gasteiger partial charge in [-0.3, -0.25) is 4.90 Å². The zero-order chi connectivity index (χ0) is 22.8. The van der Waals surface area contributed by atoms with Gasteiger partial charge in [0.2, 0.25) is 0 Å². The lowest BCUT2D eigenvalue weighted by Gasteiger charge is -2.38. The summed E-state index contributed by atoms with van der Waals surface area (Å²) in [5, 5.41) is 20.4. The molecule has 1 aliphatic carbocycles. The van der Waals surface area contributed by atoms with E-state index in [2.05, 4.69) is 4.98 Å². The fraction of sp³-hybridized carbons (Fsp3) is 0.458. The van der Waals surface area contributed by atoms with Crippen LogP contribution in [0.15, 0.2) is 41.7 Å². The van der Waals surface area contributed by atoms with Crippen molar-refractivity contribution in [1.82, 2.24) is 9.88 Å². The molecule has 2 heterocycles. The quantitative estimate of drug-likeness (QED) is 0.603. The molecule has 0 saturated carbocycles. The average molecular weight is 461 g/mol. The van der Waals surface area contributed by atoms with Crippen molar-refractivity contribution in [2.24, 2.45) is 5.92 Å². The van der Waals surface area contributed by atoms with Gasteiger partial charge in [-0.05, 0) is 55.2 Å². The van der Waals surface area contributed by atoms with Gasteiger partial charge in [0.1, 0.15) is 12.7 Å². The first-order valence-corrected chi connectivity index (χ1v) is 11.4. The van der Waals surface area contributed by atoms with Gasteiger partial charge in [-0.15, -0.1) is 0 Å². The largest absolute Gasteiger partial charge is 0.495 e. The van der Waals surface area contributed by atoms with Crippen LogP contribution in [0.3, 0.4) is 0 Å². The standard InChI is InChI=1S/C24H29ClN2O5/c1-3-31-24(30)27-9-8-18-19-11-16(25)5-6-20(19)26-22(18)23(27)15-4-7-21(14(2)10-15)32-13-17(29)12-28/h4-7,11,14,17,23,26,28-29H,3,8-10,12-13H2,1-2H3. The average Bonchev–Trinajstić information content (AvgIpc) is 3.15. The number of hydrogen-bond acceptors (Lipinski definition) is 5. The summed E-state index contributed by atoms with van der Waals surface area (Å²) in [6, 6.07) is 5.53. The number of nitrogens with zero attached hydrogens (tertiary/aromatic N) is 1. The number of H-pyrrole nitrogens is 1. The van der Waals surface area contributed by atoms with Crippen molar-refractivity contribution < 1.29 is 24.5 Å². The van der Waals surface area contributed by atoms with Gasteiger partial charge in [-0.2, -0.15) is 0 Å². The Morgan fingerprint density at radius 1 is 1.38 bits per heavy atom. The summed E-state index contributed by atoms with van der Waals surface area (Å²) in [6.45, 7) is 4.43. The first kappa shape index (κ1) is 22.7. The predicted molar refractivity (Wildman–Crippen MR) is 122 cm³/mol. The van der Waals surface area contributed by atoms with E-state index < -0.39 is 6.10 Å². The normalized spacial score (nSPS) is 21.6. The molecule has 0 bridgehead atoms. The lowest BCUT2D eigenvalue weighted by molar-refractivity contribution is 0.0235. The summed E-state index contributed by atoms with van der Waals surface area (Å²) in [7, 11) is 0. The number of aliphatic hydroxyl groups is 2. The van der Waals surface area contributed by atoms with E-state index in [-0.39, 0.29) is 31.3 Å². The number of halogens is 1. The van der Waals surface area contributed by atoms with Gasteiger partial charge in [-0.25, -0.2) is 4.79 Å². The van der Waals surface area contributed by atoms with Gasteiger partial charge in [0.05, 0.1) is 25.0 Å². The number of aromatic amines is 1. The number of carbonyl (C=O) groups excluding carboxylic acids is 1. The highest BCUT2D eigenvalue weighted by atomic mass is 35.5. The van der Waals surface area contributed by atoms with E-state index in [1.54, 1.807) is 4.90 Å². The summed E-state index contributed by atoms with van der Waals surface area (Å²) in [5.41, 5.74) is 4.25. The SMILES string of the molecule is CCOC(=O)N1CCc2c([nH]c3ccc(Cl)cc23)C1C1=CC=C(OCC(O)CO)C(C)C1. The Kier molecular flexibility index (Phi) is 6.79. The van der Waals surface area contributed by atoms with Crippen LogP contribution in [0.1, 0.15) is 37.6 Å². The Morgan fingerprint density at radius 2 is 2.19 bits per heavy atom. The molecule has 4 rings (SSSR count). The Labute approximate surface area is 192 Å². The molecular formula is C24H29ClN2O5. The smallest absolute Gasteiger partial charge is 0.410 e. The minimum Gasteiger partial charge on any atom is -0.495 e. The van der Waals surface area contributed by atoms with Crippen molar-refractivity contribution in [2.45, 2.75) is 38.8 Å². The van der Waals surface area contributed by atoms with Crippen LogP contribution >= 0.6 is 11.6 Å². The van der Waals surface area contributed by atoms with Gasteiger partial charge < -0.3 is 24.7 Å².